The SMILES string of the molecule is Cc1nc(N2C[C@@H](NC(=O)Cc3cn[nH]c3)C[C@H]2C(=O)O)c2oc3ccccc3c2n1. The molecule has 4 aromatic rings. The molecule has 1 aliphatic rings. The minimum Gasteiger partial charge on any atom is -0.480 e. The Morgan fingerprint density at radius 1 is 1.32 bits per heavy atom. The molecule has 0 bridgehead atoms. The van der Waals surface area contributed by atoms with Crippen molar-refractivity contribution in [2.24, 2.45) is 0 Å². The summed E-state index contributed by atoms with van der Waals surface area (Å²) < 4.78 is 6.01. The number of H-pyrrole nitrogens is 1. The maximum atomic E-state index is 12.4. The van der Waals surface area contributed by atoms with Crippen molar-refractivity contribution >= 4 is 39.8 Å². The standard InChI is InChI=1S/C21H20N6O4/c1-11-24-18-14-4-2-3-5-16(14)31-19(18)20(25-11)27-10-13(7-15(27)21(29)30)26-17(28)6-12-8-22-23-9-12/h2-5,8-9,13,15H,6-7,10H2,1H3,(H,22,23)(H,26,28)(H,29,30)/t13-,15-/m0/s1. The van der Waals surface area contributed by atoms with Crippen LogP contribution in [0.4, 0.5) is 5.82 Å². The van der Waals surface area contributed by atoms with Gasteiger partial charge in [0.25, 0.3) is 0 Å². The molecule has 1 saturated heterocycles. The fraction of sp³-hybridized carbons (Fsp3) is 0.286. The van der Waals surface area contributed by atoms with E-state index in [0.717, 1.165) is 10.9 Å². The number of aromatic amines is 1. The van der Waals surface area contributed by atoms with Gasteiger partial charge >= 0.3 is 5.97 Å². The first-order valence-electron chi connectivity index (χ1n) is 9.92. The van der Waals surface area contributed by atoms with Gasteiger partial charge in [-0.1, -0.05) is 12.1 Å². The first kappa shape index (κ1) is 19.0. The Morgan fingerprint density at radius 2 is 2.16 bits per heavy atom. The molecule has 1 aromatic carbocycles. The average Bonchev–Trinajstić information content (AvgIpc) is 3.46. The van der Waals surface area contributed by atoms with Crippen LogP contribution < -0.4 is 10.2 Å². The second kappa shape index (κ2) is 7.38. The Balaban J connectivity index is 1.47. The number of aromatic nitrogens is 4. The Labute approximate surface area is 176 Å². The second-order valence-corrected chi connectivity index (χ2v) is 7.66. The second-order valence-electron chi connectivity index (χ2n) is 7.66. The van der Waals surface area contributed by atoms with E-state index in [0.29, 0.717) is 34.9 Å². The Bertz CT molecular complexity index is 1280. The number of hydrogen-bond acceptors (Lipinski definition) is 7. The quantitative estimate of drug-likeness (QED) is 0.444. The van der Waals surface area contributed by atoms with Gasteiger partial charge in [-0.15, -0.1) is 0 Å². The van der Waals surface area contributed by atoms with Crippen molar-refractivity contribution in [3.05, 3.63) is 48.0 Å². The number of anilines is 1. The van der Waals surface area contributed by atoms with E-state index in [1.807, 2.05) is 24.3 Å². The number of carbonyl (C=O) groups is 2. The molecule has 0 unspecified atom stereocenters. The van der Waals surface area contributed by atoms with E-state index in [-0.39, 0.29) is 24.8 Å². The molecule has 158 valence electrons. The summed E-state index contributed by atoms with van der Waals surface area (Å²) in [7, 11) is 0. The van der Waals surface area contributed by atoms with E-state index in [4.69, 9.17) is 4.42 Å². The van der Waals surface area contributed by atoms with Crippen molar-refractivity contribution < 1.29 is 19.1 Å². The number of carboxylic acids is 1. The highest BCUT2D eigenvalue weighted by Gasteiger charge is 2.40. The number of nitrogens with zero attached hydrogens (tertiary/aromatic N) is 4. The van der Waals surface area contributed by atoms with E-state index in [1.54, 1.807) is 24.2 Å². The molecule has 10 nitrogen and oxygen atoms in total. The van der Waals surface area contributed by atoms with Crippen LogP contribution in [-0.4, -0.2) is 55.8 Å². The molecule has 3 N–H and O–H groups in total. The highest BCUT2D eigenvalue weighted by Crippen LogP contribution is 2.35. The van der Waals surface area contributed by atoms with E-state index in [2.05, 4.69) is 25.5 Å². The average molecular weight is 420 g/mol. The number of hydrogen-bond donors (Lipinski definition) is 3. The number of amides is 1. The third-order valence-electron chi connectivity index (χ3n) is 5.46. The normalized spacial score (nSPS) is 18.7. The van der Waals surface area contributed by atoms with Crippen molar-refractivity contribution in [1.82, 2.24) is 25.5 Å². The maximum Gasteiger partial charge on any atom is 0.326 e. The summed E-state index contributed by atoms with van der Waals surface area (Å²) in [6.07, 6.45) is 3.67. The number of para-hydroxylation sites is 1. The largest absolute Gasteiger partial charge is 0.480 e. The summed E-state index contributed by atoms with van der Waals surface area (Å²) in [5.74, 6) is -0.222. The third kappa shape index (κ3) is 3.45. The summed E-state index contributed by atoms with van der Waals surface area (Å²) in [4.78, 5) is 35.2. The van der Waals surface area contributed by atoms with Crippen LogP contribution in [0.15, 0.2) is 41.1 Å². The molecule has 0 aliphatic carbocycles. The summed E-state index contributed by atoms with van der Waals surface area (Å²) in [6, 6.07) is 6.34. The molecule has 10 heteroatoms. The van der Waals surface area contributed by atoms with Gasteiger partial charge < -0.3 is 19.7 Å². The van der Waals surface area contributed by atoms with E-state index >= 15 is 0 Å². The number of aliphatic carboxylic acids is 1. The molecule has 31 heavy (non-hydrogen) atoms. The van der Waals surface area contributed by atoms with Gasteiger partial charge in [-0.05, 0) is 24.6 Å². The van der Waals surface area contributed by atoms with Crippen molar-refractivity contribution in [3.8, 4) is 0 Å². The van der Waals surface area contributed by atoms with Crippen molar-refractivity contribution in [2.75, 3.05) is 11.4 Å². The smallest absolute Gasteiger partial charge is 0.326 e. The Morgan fingerprint density at radius 3 is 2.94 bits per heavy atom. The number of benzene rings is 1. The lowest BCUT2D eigenvalue weighted by Gasteiger charge is -2.22. The van der Waals surface area contributed by atoms with Gasteiger partial charge in [-0.3, -0.25) is 9.89 Å². The summed E-state index contributed by atoms with van der Waals surface area (Å²) in [6.45, 7) is 2.07. The molecule has 0 radical (unpaired) electrons. The first-order valence-corrected chi connectivity index (χ1v) is 9.92. The van der Waals surface area contributed by atoms with Crippen molar-refractivity contribution in [1.29, 1.82) is 0 Å². The summed E-state index contributed by atoms with van der Waals surface area (Å²) in [5.41, 5.74) is 2.52. The molecule has 1 aliphatic heterocycles. The number of rotatable bonds is 5. The van der Waals surface area contributed by atoms with Crippen LogP contribution in [0.2, 0.25) is 0 Å². The van der Waals surface area contributed by atoms with Crippen molar-refractivity contribution in [3.63, 3.8) is 0 Å². The van der Waals surface area contributed by atoms with Crippen LogP contribution in [0.5, 0.6) is 0 Å². The highest BCUT2D eigenvalue weighted by molar-refractivity contribution is 6.06. The first-order chi connectivity index (χ1) is 15.0. The van der Waals surface area contributed by atoms with Gasteiger partial charge in [-0.2, -0.15) is 5.10 Å². The number of furan rings is 1. The number of fused-ring (bicyclic) bond motifs is 3. The van der Waals surface area contributed by atoms with Crippen LogP contribution in [0.1, 0.15) is 17.8 Å². The lowest BCUT2D eigenvalue weighted by molar-refractivity contribution is -0.138. The van der Waals surface area contributed by atoms with Gasteiger partial charge in [0.15, 0.2) is 11.4 Å². The predicted molar refractivity (Wildman–Crippen MR) is 112 cm³/mol. The monoisotopic (exact) mass is 420 g/mol. The highest BCUT2D eigenvalue weighted by atomic mass is 16.4. The molecular weight excluding hydrogens is 400 g/mol. The van der Waals surface area contributed by atoms with Crippen molar-refractivity contribution in [2.45, 2.75) is 31.8 Å². The van der Waals surface area contributed by atoms with E-state index in [1.165, 1.54) is 0 Å². The minimum absolute atomic E-state index is 0.172. The number of carboxylic acid groups (broad SMARTS) is 1. The molecule has 0 spiro atoms. The van der Waals surface area contributed by atoms with E-state index in [9.17, 15) is 14.7 Å². The van der Waals surface area contributed by atoms with Gasteiger partial charge in [0, 0.05) is 30.6 Å². The van der Waals surface area contributed by atoms with Crippen LogP contribution in [0.25, 0.3) is 22.1 Å². The zero-order valence-electron chi connectivity index (χ0n) is 16.7. The van der Waals surface area contributed by atoms with Gasteiger partial charge in [0.05, 0.1) is 12.6 Å². The Hall–Kier alpha value is -3.95. The topological polar surface area (TPSA) is 137 Å². The maximum absolute atomic E-state index is 12.4. The predicted octanol–water partition coefficient (Wildman–Crippen LogP) is 1.80. The molecule has 3 aromatic heterocycles. The number of carbonyl (C=O) groups excluding carboxylic acids is 1. The van der Waals surface area contributed by atoms with Gasteiger partial charge in [0.2, 0.25) is 5.91 Å². The zero-order chi connectivity index (χ0) is 21.5. The van der Waals surface area contributed by atoms with Crippen LogP contribution >= 0.6 is 0 Å². The number of nitrogens with one attached hydrogen (secondary N) is 2. The molecule has 5 rings (SSSR count). The molecule has 0 saturated carbocycles. The summed E-state index contributed by atoms with van der Waals surface area (Å²) >= 11 is 0. The fourth-order valence-electron chi connectivity index (χ4n) is 4.13. The van der Waals surface area contributed by atoms with Crippen LogP contribution in [0, 0.1) is 6.92 Å². The lowest BCUT2D eigenvalue weighted by atomic mass is 10.1. The van der Waals surface area contributed by atoms with Gasteiger partial charge in [0.1, 0.15) is 23.0 Å². The molecule has 1 fully saturated rings. The van der Waals surface area contributed by atoms with E-state index < -0.39 is 12.0 Å². The zero-order valence-corrected chi connectivity index (χ0v) is 16.7. The van der Waals surface area contributed by atoms with Crippen LogP contribution in [-0.2, 0) is 16.0 Å². The van der Waals surface area contributed by atoms with Crippen LogP contribution in [0.3, 0.4) is 0 Å². The number of aryl methyl sites for hydroxylation is 1. The molecule has 2 atom stereocenters. The van der Waals surface area contributed by atoms with Gasteiger partial charge in [-0.25, -0.2) is 14.8 Å². The fourth-order valence-corrected chi connectivity index (χ4v) is 4.13. The minimum atomic E-state index is -0.980. The molecular formula is C21H20N6O4. The lowest BCUT2D eigenvalue weighted by Crippen LogP contribution is -2.39. The Kier molecular flexibility index (Phi) is 4.54. The molecule has 4 heterocycles. The molecule has 1 amide bonds. The third-order valence-corrected chi connectivity index (χ3v) is 5.46. The summed E-state index contributed by atoms with van der Waals surface area (Å²) in [5, 5.41) is 20.1.